The van der Waals surface area contributed by atoms with Gasteiger partial charge in [0, 0.05) is 16.6 Å². The number of rotatable bonds is 3. The maximum absolute atomic E-state index is 3.73. The van der Waals surface area contributed by atoms with Crippen LogP contribution < -0.4 is 5.32 Å². The largest absolute Gasteiger partial charge is 0.381 e. The van der Waals surface area contributed by atoms with Crippen molar-refractivity contribution in [2.24, 2.45) is 0 Å². The standard InChI is InChI=1S/C16H19NS/c1-11(2)16-15(7-8-18-16)17-14-9-12-5-3-4-6-13(12)10-14/h3-8,11,14,17H,9-10H2,1-2H3. The second-order valence-electron chi connectivity index (χ2n) is 5.37. The van der Waals surface area contributed by atoms with Crippen LogP contribution in [0.2, 0.25) is 0 Å². The van der Waals surface area contributed by atoms with Crippen molar-refractivity contribution >= 4 is 17.0 Å². The van der Waals surface area contributed by atoms with Gasteiger partial charge in [-0.3, -0.25) is 0 Å². The summed E-state index contributed by atoms with van der Waals surface area (Å²) in [5.41, 5.74) is 4.36. The van der Waals surface area contributed by atoms with Crippen LogP contribution in [0.25, 0.3) is 0 Å². The summed E-state index contributed by atoms with van der Waals surface area (Å²) in [4.78, 5) is 1.48. The van der Waals surface area contributed by atoms with Crippen molar-refractivity contribution < 1.29 is 0 Å². The molecule has 0 radical (unpaired) electrons. The first kappa shape index (κ1) is 11.8. The Bertz CT molecular complexity index is 517. The number of benzene rings is 1. The molecule has 1 aromatic carbocycles. The third-order valence-electron chi connectivity index (χ3n) is 3.63. The van der Waals surface area contributed by atoms with Crippen LogP contribution in [0.5, 0.6) is 0 Å². The van der Waals surface area contributed by atoms with Gasteiger partial charge in [-0.15, -0.1) is 11.3 Å². The van der Waals surface area contributed by atoms with Crippen molar-refractivity contribution in [3.8, 4) is 0 Å². The highest BCUT2D eigenvalue weighted by Gasteiger charge is 2.21. The van der Waals surface area contributed by atoms with E-state index in [-0.39, 0.29) is 0 Å². The first-order chi connectivity index (χ1) is 8.74. The van der Waals surface area contributed by atoms with Gasteiger partial charge in [0.2, 0.25) is 0 Å². The van der Waals surface area contributed by atoms with E-state index in [1.54, 1.807) is 0 Å². The summed E-state index contributed by atoms with van der Waals surface area (Å²) in [5.74, 6) is 0.608. The Morgan fingerprint density at radius 2 is 1.78 bits per heavy atom. The molecule has 1 N–H and O–H groups in total. The summed E-state index contributed by atoms with van der Waals surface area (Å²) in [6.45, 7) is 4.53. The number of fused-ring (bicyclic) bond motifs is 1. The number of hydrogen-bond donors (Lipinski definition) is 1. The van der Waals surface area contributed by atoms with Crippen LogP contribution in [0.3, 0.4) is 0 Å². The fourth-order valence-electron chi connectivity index (χ4n) is 2.77. The van der Waals surface area contributed by atoms with E-state index in [4.69, 9.17) is 0 Å². The highest BCUT2D eigenvalue weighted by Crippen LogP contribution is 2.32. The molecule has 1 aliphatic carbocycles. The highest BCUT2D eigenvalue weighted by atomic mass is 32.1. The van der Waals surface area contributed by atoms with E-state index < -0.39 is 0 Å². The van der Waals surface area contributed by atoms with Crippen LogP contribution in [-0.2, 0) is 12.8 Å². The van der Waals surface area contributed by atoms with Crippen molar-refractivity contribution in [1.29, 1.82) is 0 Å². The molecule has 0 atom stereocenters. The third kappa shape index (κ3) is 2.17. The zero-order valence-corrected chi connectivity index (χ0v) is 11.8. The Kier molecular flexibility index (Phi) is 3.13. The minimum atomic E-state index is 0.564. The smallest absolute Gasteiger partial charge is 0.0486 e. The minimum absolute atomic E-state index is 0.564. The summed E-state index contributed by atoms with van der Waals surface area (Å²) < 4.78 is 0. The van der Waals surface area contributed by atoms with Crippen molar-refractivity contribution in [3.05, 3.63) is 51.7 Å². The predicted octanol–water partition coefficient (Wildman–Crippen LogP) is 4.45. The highest BCUT2D eigenvalue weighted by molar-refractivity contribution is 7.10. The lowest BCUT2D eigenvalue weighted by molar-refractivity contribution is 0.769. The Hall–Kier alpha value is -1.28. The molecule has 2 heteroatoms. The van der Waals surface area contributed by atoms with E-state index in [2.05, 4.69) is 54.9 Å². The van der Waals surface area contributed by atoms with Crippen LogP contribution >= 0.6 is 11.3 Å². The molecule has 1 aromatic heterocycles. The van der Waals surface area contributed by atoms with Crippen LogP contribution in [-0.4, -0.2) is 6.04 Å². The average molecular weight is 257 g/mol. The molecule has 1 heterocycles. The summed E-state index contributed by atoms with van der Waals surface area (Å²) in [6, 6.07) is 11.6. The van der Waals surface area contributed by atoms with Gasteiger partial charge in [0.25, 0.3) is 0 Å². The fourth-order valence-corrected chi connectivity index (χ4v) is 3.64. The molecular weight excluding hydrogens is 238 g/mol. The van der Waals surface area contributed by atoms with Crippen LogP contribution in [0.15, 0.2) is 35.7 Å². The quantitative estimate of drug-likeness (QED) is 0.856. The van der Waals surface area contributed by atoms with Crippen molar-refractivity contribution in [1.82, 2.24) is 0 Å². The lowest BCUT2D eigenvalue weighted by Crippen LogP contribution is -2.19. The van der Waals surface area contributed by atoms with E-state index in [0.717, 1.165) is 12.8 Å². The molecule has 1 nitrogen and oxygen atoms in total. The van der Waals surface area contributed by atoms with E-state index in [1.807, 2.05) is 11.3 Å². The van der Waals surface area contributed by atoms with Crippen molar-refractivity contribution in [3.63, 3.8) is 0 Å². The number of hydrogen-bond acceptors (Lipinski definition) is 2. The molecule has 18 heavy (non-hydrogen) atoms. The predicted molar refractivity (Wildman–Crippen MR) is 79.7 cm³/mol. The monoisotopic (exact) mass is 257 g/mol. The topological polar surface area (TPSA) is 12.0 Å². The summed E-state index contributed by atoms with van der Waals surface area (Å²) in [6.07, 6.45) is 2.31. The Morgan fingerprint density at radius 3 is 2.39 bits per heavy atom. The van der Waals surface area contributed by atoms with Gasteiger partial charge in [-0.2, -0.15) is 0 Å². The number of nitrogens with one attached hydrogen (secondary N) is 1. The van der Waals surface area contributed by atoms with Crippen molar-refractivity contribution in [2.45, 2.75) is 38.6 Å². The summed E-state index contributed by atoms with van der Waals surface area (Å²) in [7, 11) is 0. The Morgan fingerprint density at radius 1 is 1.11 bits per heavy atom. The fraction of sp³-hybridized carbons (Fsp3) is 0.375. The van der Waals surface area contributed by atoms with Gasteiger partial charge in [-0.25, -0.2) is 0 Å². The molecule has 0 fully saturated rings. The van der Waals surface area contributed by atoms with Gasteiger partial charge in [0.05, 0.1) is 0 Å². The molecule has 0 bridgehead atoms. The van der Waals surface area contributed by atoms with Crippen LogP contribution in [0, 0.1) is 0 Å². The number of anilines is 1. The molecule has 94 valence electrons. The molecule has 0 unspecified atom stereocenters. The molecule has 3 rings (SSSR count). The number of thiophene rings is 1. The van der Waals surface area contributed by atoms with Gasteiger partial charge in [0.15, 0.2) is 0 Å². The van der Waals surface area contributed by atoms with Crippen LogP contribution in [0.1, 0.15) is 35.8 Å². The van der Waals surface area contributed by atoms with E-state index in [0.29, 0.717) is 12.0 Å². The lowest BCUT2D eigenvalue weighted by Gasteiger charge is -2.15. The van der Waals surface area contributed by atoms with Gasteiger partial charge < -0.3 is 5.32 Å². The molecule has 0 saturated heterocycles. The van der Waals surface area contributed by atoms with Gasteiger partial charge in [-0.1, -0.05) is 38.1 Å². The van der Waals surface area contributed by atoms with E-state index in [9.17, 15) is 0 Å². The molecular formula is C16H19NS. The maximum Gasteiger partial charge on any atom is 0.0486 e. The second kappa shape index (κ2) is 4.77. The molecule has 0 aliphatic heterocycles. The summed E-state index contributed by atoms with van der Waals surface area (Å²) >= 11 is 1.86. The van der Waals surface area contributed by atoms with Gasteiger partial charge >= 0.3 is 0 Å². The van der Waals surface area contributed by atoms with Gasteiger partial charge in [0.1, 0.15) is 0 Å². The first-order valence-corrected chi connectivity index (χ1v) is 7.52. The van der Waals surface area contributed by atoms with Crippen molar-refractivity contribution in [2.75, 3.05) is 5.32 Å². The molecule has 0 spiro atoms. The second-order valence-corrected chi connectivity index (χ2v) is 6.32. The minimum Gasteiger partial charge on any atom is -0.381 e. The van der Waals surface area contributed by atoms with E-state index in [1.165, 1.54) is 21.7 Å². The van der Waals surface area contributed by atoms with E-state index >= 15 is 0 Å². The normalized spacial score (nSPS) is 15.1. The Labute approximate surface area is 113 Å². The third-order valence-corrected chi connectivity index (χ3v) is 4.85. The van der Waals surface area contributed by atoms with Crippen LogP contribution in [0.4, 0.5) is 5.69 Å². The zero-order chi connectivity index (χ0) is 12.5. The lowest BCUT2D eigenvalue weighted by atomic mass is 10.1. The molecule has 2 aromatic rings. The SMILES string of the molecule is CC(C)c1sccc1NC1Cc2ccccc2C1. The molecule has 0 saturated carbocycles. The van der Waals surface area contributed by atoms with Gasteiger partial charge in [-0.05, 0) is 41.3 Å². The Balaban J connectivity index is 1.74. The molecule has 0 amide bonds. The zero-order valence-electron chi connectivity index (χ0n) is 10.9. The first-order valence-electron chi connectivity index (χ1n) is 6.64. The molecule has 1 aliphatic rings. The summed E-state index contributed by atoms with van der Waals surface area (Å²) in [5, 5.41) is 5.92. The maximum atomic E-state index is 3.73. The average Bonchev–Trinajstić information content (AvgIpc) is 2.94.